The Balaban J connectivity index is 1.64. The van der Waals surface area contributed by atoms with Crippen molar-refractivity contribution >= 4 is 17.5 Å². The van der Waals surface area contributed by atoms with E-state index in [9.17, 15) is 9.59 Å². The van der Waals surface area contributed by atoms with Crippen LogP contribution in [-0.2, 0) is 9.59 Å². The van der Waals surface area contributed by atoms with E-state index in [2.05, 4.69) is 10.4 Å². The van der Waals surface area contributed by atoms with Crippen molar-refractivity contribution in [2.75, 3.05) is 6.54 Å². The van der Waals surface area contributed by atoms with Gasteiger partial charge in [-0.1, -0.05) is 49.1 Å². The fourth-order valence-electron chi connectivity index (χ4n) is 3.33. The summed E-state index contributed by atoms with van der Waals surface area (Å²) in [5, 5.41) is 8.81. The van der Waals surface area contributed by atoms with Gasteiger partial charge in [0.25, 0.3) is 0 Å². The van der Waals surface area contributed by atoms with Crippen LogP contribution in [0, 0.1) is 6.92 Å². The van der Waals surface area contributed by atoms with E-state index in [1.54, 1.807) is 0 Å². The molecule has 2 amide bonds. The standard InChI is InChI=1S/C19H25N3O2/c1-14-7-9-15(10-8-14)17-11-12-19(24)22(21-17)13-18(23)20-16-5-3-2-4-6-16/h7-10,16H,2-6,11-13H2,1H3,(H,20,23). The van der Waals surface area contributed by atoms with Gasteiger partial charge in [0, 0.05) is 18.9 Å². The zero-order valence-electron chi connectivity index (χ0n) is 14.3. The summed E-state index contributed by atoms with van der Waals surface area (Å²) >= 11 is 0. The molecule has 0 spiro atoms. The summed E-state index contributed by atoms with van der Waals surface area (Å²) in [6.07, 6.45) is 6.70. The van der Waals surface area contributed by atoms with Crippen molar-refractivity contribution in [3.05, 3.63) is 35.4 Å². The molecule has 0 bridgehead atoms. The van der Waals surface area contributed by atoms with E-state index in [1.807, 2.05) is 31.2 Å². The second-order valence-electron chi connectivity index (χ2n) is 6.77. The van der Waals surface area contributed by atoms with Gasteiger partial charge in [-0.2, -0.15) is 5.10 Å². The third-order valence-electron chi connectivity index (χ3n) is 4.75. The fourth-order valence-corrected chi connectivity index (χ4v) is 3.33. The topological polar surface area (TPSA) is 61.8 Å². The minimum Gasteiger partial charge on any atom is -0.352 e. The highest BCUT2D eigenvalue weighted by Gasteiger charge is 2.24. The third-order valence-corrected chi connectivity index (χ3v) is 4.75. The lowest BCUT2D eigenvalue weighted by molar-refractivity contribution is -0.136. The van der Waals surface area contributed by atoms with Gasteiger partial charge in [-0.15, -0.1) is 0 Å². The molecule has 0 radical (unpaired) electrons. The van der Waals surface area contributed by atoms with E-state index in [0.717, 1.165) is 24.1 Å². The average Bonchev–Trinajstić information content (AvgIpc) is 2.58. The normalized spacial score (nSPS) is 19.1. The van der Waals surface area contributed by atoms with E-state index in [1.165, 1.54) is 29.8 Å². The quantitative estimate of drug-likeness (QED) is 0.924. The van der Waals surface area contributed by atoms with Crippen LogP contribution in [0.25, 0.3) is 0 Å². The molecule has 2 aliphatic rings. The second-order valence-corrected chi connectivity index (χ2v) is 6.77. The molecule has 0 saturated heterocycles. The highest BCUT2D eigenvalue weighted by molar-refractivity contribution is 6.04. The monoisotopic (exact) mass is 327 g/mol. The van der Waals surface area contributed by atoms with Crippen molar-refractivity contribution in [3.63, 3.8) is 0 Å². The largest absolute Gasteiger partial charge is 0.352 e. The molecule has 5 heteroatoms. The van der Waals surface area contributed by atoms with Gasteiger partial charge >= 0.3 is 0 Å². The minimum absolute atomic E-state index is 0.0185. The molecule has 1 aliphatic heterocycles. The predicted octanol–water partition coefficient (Wildman–Crippen LogP) is 2.77. The van der Waals surface area contributed by atoms with Gasteiger partial charge in [0.1, 0.15) is 6.54 Å². The SMILES string of the molecule is Cc1ccc(C2=NN(CC(=O)NC3CCCCC3)C(=O)CC2)cc1. The van der Waals surface area contributed by atoms with E-state index in [0.29, 0.717) is 12.8 Å². The van der Waals surface area contributed by atoms with Gasteiger partial charge in [-0.25, -0.2) is 5.01 Å². The maximum absolute atomic E-state index is 12.2. The average molecular weight is 327 g/mol. The summed E-state index contributed by atoms with van der Waals surface area (Å²) in [6, 6.07) is 8.36. The predicted molar refractivity (Wildman–Crippen MR) is 93.7 cm³/mol. The smallest absolute Gasteiger partial charge is 0.243 e. The van der Waals surface area contributed by atoms with E-state index < -0.39 is 0 Å². The van der Waals surface area contributed by atoms with E-state index in [-0.39, 0.29) is 24.4 Å². The van der Waals surface area contributed by atoms with E-state index >= 15 is 0 Å². The first-order valence-electron chi connectivity index (χ1n) is 8.86. The van der Waals surface area contributed by atoms with Crippen molar-refractivity contribution in [2.45, 2.75) is 57.9 Å². The molecular formula is C19H25N3O2. The Bertz CT molecular complexity index is 631. The van der Waals surface area contributed by atoms with Crippen LogP contribution in [-0.4, -0.2) is 35.1 Å². The van der Waals surface area contributed by atoms with Crippen molar-refractivity contribution < 1.29 is 9.59 Å². The third kappa shape index (κ3) is 4.22. The van der Waals surface area contributed by atoms with Crippen LogP contribution < -0.4 is 5.32 Å². The van der Waals surface area contributed by atoms with E-state index in [4.69, 9.17) is 0 Å². The molecule has 24 heavy (non-hydrogen) atoms. The van der Waals surface area contributed by atoms with Crippen LogP contribution in [0.3, 0.4) is 0 Å². The maximum atomic E-state index is 12.2. The molecule has 1 saturated carbocycles. The second kappa shape index (κ2) is 7.60. The maximum Gasteiger partial charge on any atom is 0.243 e. The van der Waals surface area contributed by atoms with Crippen LogP contribution >= 0.6 is 0 Å². The lowest BCUT2D eigenvalue weighted by atomic mass is 9.95. The van der Waals surface area contributed by atoms with Crippen LogP contribution in [0.1, 0.15) is 56.1 Å². The Morgan fingerprint density at radius 3 is 2.58 bits per heavy atom. The number of benzene rings is 1. The number of nitrogens with zero attached hydrogens (tertiary/aromatic N) is 2. The first-order valence-corrected chi connectivity index (χ1v) is 8.86. The van der Waals surface area contributed by atoms with Gasteiger partial charge < -0.3 is 5.32 Å². The van der Waals surface area contributed by atoms with Crippen LogP contribution in [0.5, 0.6) is 0 Å². The first kappa shape index (κ1) is 16.7. The fraction of sp³-hybridized carbons (Fsp3) is 0.526. The highest BCUT2D eigenvalue weighted by atomic mass is 16.2. The van der Waals surface area contributed by atoms with Crippen molar-refractivity contribution in [1.29, 1.82) is 0 Å². The number of aryl methyl sites for hydroxylation is 1. The zero-order valence-corrected chi connectivity index (χ0v) is 14.3. The lowest BCUT2D eigenvalue weighted by Gasteiger charge is -2.26. The number of carbonyl (C=O) groups excluding carboxylic acids is 2. The summed E-state index contributed by atoms with van der Waals surface area (Å²) in [4.78, 5) is 24.3. The Kier molecular flexibility index (Phi) is 5.28. The lowest BCUT2D eigenvalue weighted by Crippen LogP contribution is -2.44. The first-order chi connectivity index (χ1) is 11.6. The number of rotatable bonds is 4. The van der Waals surface area contributed by atoms with Crippen LogP contribution in [0.2, 0.25) is 0 Å². The van der Waals surface area contributed by atoms with Crippen molar-refractivity contribution in [2.24, 2.45) is 5.10 Å². The van der Waals surface area contributed by atoms with Gasteiger partial charge in [-0.3, -0.25) is 9.59 Å². The van der Waals surface area contributed by atoms with Crippen LogP contribution in [0.4, 0.5) is 0 Å². The van der Waals surface area contributed by atoms with Gasteiger partial charge in [0.15, 0.2) is 0 Å². The Labute approximate surface area is 143 Å². The molecular weight excluding hydrogens is 302 g/mol. The Morgan fingerprint density at radius 2 is 1.88 bits per heavy atom. The number of hydrogen-bond acceptors (Lipinski definition) is 3. The zero-order chi connectivity index (χ0) is 16.9. The molecule has 1 aromatic rings. The number of hydrogen-bond donors (Lipinski definition) is 1. The molecule has 1 aromatic carbocycles. The van der Waals surface area contributed by atoms with Crippen LogP contribution in [0.15, 0.2) is 29.4 Å². The number of hydrazone groups is 1. The van der Waals surface area contributed by atoms with Crippen molar-refractivity contribution in [3.8, 4) is 0 Å². The van der Waals surface area contributed by atoms with Crippen molar-refractivity contribution in [1.82, 2.24) is 10.3 Å². The highest BCUT2D eigenvalue weighted by Crippen LogP contribution is 2.18. The minimum atomic E-state index is -0.107. The summed E-state index contributed by atoms with van der Waals surface area (Å²) in [7, 11) is 0. The summed E-state index contributed by atoms with van der Waals surface area (Å²) in [6.45, 7) is 2.06. The molecule has 1 N–H and O–H groups in total. The number of amides is 2. The van der Waals surface area contributed by atoms with Gasteiger partial charge in [-0.05, 0) is 25.3 Å². The molecule has 3 rings (SSSR count). The molecule has 0 atom stereocenters. The molecule has 5 nitrogen and oxygen atoms in total. The molecule has 1 heterocycles. The number of nitrogens with one attached hydrogen (secondary N) is 1. The van der Waals surface area contributed by atoms with Gasteiger partial charge in [0.05, 0.1) is 5.71 Å². The van der Waals surface area contributed by atoms with Gasteiger partial charge in [0.2, 0.25) is 11.8 Å². The number of carbonyl (C=O) groups is 2. The Morgan fingerprint density at radius 1 is 1.17 bits per heavy atom. The molecule has 0 unspecified atom stereocenters. The summed E-state index contributed by atoms with van der Waals surface area (Å²) in [5.41, 5.74) is 3.08. The molecule has 1 fully saturated rings. The Hall–Kier alpha value is -2.17. The molecule has 1 aliphatic carbocycles. The summed E-state index contributed by atoms with van der Waals surface area (Å²) in [5.74, 6) is -0.186. The molecule has 128 valence electrons. The molecule has 0 aromatic heterocycles. The summed E-state index contributed by atoms with van der Waals surface area (Å²) < 4.78 is 0.